The number of carbonyl (C=O) groups excluding carboxylic acids is 1. The van der Waals surface area contributed by atoms with Crippen molar-refractivity contribution in [3.05, 3.63) is 54.4 Å². The van der Waals surface area contributed by atoms with Crippen LogP contribution in [-0.4, -0.2) is 87.5 Å². The van der Waals surface area contributed by atoms with Gasteiger partial charge in [0.25, 0.3) is 10.1 Å². The first kappa shape index (κ1) is 28.2. The summed E-state index contributed by atoms with van der Waals surface area (Å²) in [7, 11) is -4.38. The molecule has 0 bridgehead atoms. The number of carboxylic acid groups (broad SMARTS) is 2. The lowest BCUT2D eigenvalue weighted by Gasteiger charge is -2.44. The Morgan fingerprint density at radius 2 is 1.49 bits per heavy atom. The summed E-state index contributed by atoms with van der Waals surface area (Å²) in [5.41, 5.74) is 0.958. The summed E-state index contributed by atoms with van der Waals surface area (Å²) in [6, 6.07) is 9.56. The molecule has 2 unspecified atom stereocenters. The van der Waals surface area contributed by atoms with Crippen molar-refractivity contribution in [1.82, 2.24) is 14.8 Å². The quantitative estimate of drug-likeness (QED) is 0.290. The molecule has 1 saturated carbocycles. The van der Waals surface area contributed by atoms with Gasteiger partial charge in [-0.1, -0.05) is 18.9 Å². The van der Waals surface area contributed by atoms with Gasteiger partial charge >= 0.3 is 11.9 Å². The first-order chi connectivity index (χ1) is 17.5. The lowest BCUT2D eigenvalue weighted by Crippen LogP contribution is -2.56. The molecule has 0 spiro atoms. The number of aromatic nitrogens is 1. The minimum Gasteiger partial charge on any atom is -0.480 e. The van der Waals surface area contributed by atoms with E-state index in [2.05, 4.69) is 10.3 Å². The number of nitrogens with zero attached hydrogens (tertiary/aromatic N) is 3. The molecule has 0 saturated heterocycles. The second-order valence-corrected chi connectivity index (χ2v) is 10.3. The first-order valence-corrected chi connectivity index (χ1v) is 13.2. The molecule has 1 heterocycles. The van der Waals surface area contributed by atoms with Crippen LogP contribution in [0.5, 0.6) is 0 Å². The zero-order chi connectivity index (χ0) is 27.0. The largest absolute Gasteiger partial charge is 0.480 e. The number of pyridine rings is 1. The molecule has 1 fully saturated rings. The number of hydrogen-bond donors (Lipinski definition) is 4. The molecule has 0 aliphatic heterocycles. The predicted molar refractivity (Wildman–Crippen MR) is 132 cm³/mol. The van der Waals surface area contributed by atoms with Crippen molar-refractivity contribution in [3.8, 4) is 0 Å². The molecular formula is C24H30N4O8S. The fraction of sp³-hybridized carbons (Fsp3) is 0.417. The Morgan fingerprint density at radius 3 is 2.03 bits per heavy atom. The Labute approximate surface area is 214 Å². The second-order valence-electron chi connectivity index (χ2n) is 8.89. The van der Waals surface area contributed by atoms with E-state index in [1.165, 1.54) is 12.1 Å². The monoisotopic (exact) mass is 534 g/mol. The van der Waals surface area contributed by atoms with Crippen LogP contribution in [0.25, 0.3) is 0 Å². The van der Waals surface area contributed by atoms with Crippen molar-refractivity contribution in [3.63, 3.8) is 0 Å². The number of anilines is 1. The molecule has 1 amide bonds. The molecular weight excluding hydrogens is 504 g/mol. The van der Waals surface area contributed by atoms with E-state index in [1.54, 1.807) is 28.1 Å². The van der Waals surface area contributed by atoms with E-state index >= 15 is 0 Å². The Hall–Kier alpha value is -3.39. The van der Waals surface area contributed by atoms with E-state index in [-0.39, 0.29) is 42.3 Å². The molecule has 12 nitrogen and oxygen atoms in total. The third-order valence-electron chi connectivity index (χ3n) is 6.18. The van der Waals surface area contributed by atoms with Crippen LogP contribution < -0.4 is 5.32 Å². The van der Waals surface area contributed by atoms with Gasteiger partial charge in [0, 0.05) is 30.5 Å². The van der Waals surface area contributed by atoms with Gasteiger partial charge in [0.05, 0.1) is 30.2 Å². The topological polar surface area (TPSA) is 177 Å². The van der Waals surface area contributed by atoms with E-state index < -0.39 is 34.5 Å². The van der Waals surface area contributed by atoms with Gasteiger partial charge in [0.15, 0.2) is 0 Å². The number of rotatable bonds is 12. The maximum absolute atomic E-state index is 12.8. The molecule has 3 rings (SSSR count). The smallest absolute Gasteiger partial charge is 0.317 e. The van der Waals surface area contributed by atoms with Crippen LogP contribution >= 0.6 is 0 Å². The number of hydrogen-bond acceptors (Lipinski definition) is 8. The zero-order valence-electron chi connectivity index (χ0n) is 20.1. The number of benzene rings is 1. The number of carboxylic acids is 2. The highest BCUT2D eigenvalue weighted by Gasteiger charge is 2.36. The van der Waals surface area contributed by atoms with Crippen LogP contribution in [0, 0.1) is 0 Å². The third-order valence-corrected chi connectivity index (χ3v) is 7.05. The number of carbonyl (C=O) groups is 3. The van der Waals surface area contributed by atoms with Crippen LogP contribution in [0.3, 0.4) is 0 Å². The first-order valence-electron chi connectivity index (χ1n) is 11.7. The van der Waals surface area contributed by atoms with Crippen LogP contribution in [0.2, 0.25) is 0 Å². The molecule has 4 N–H and O–H groups in total. The van der Waals surface area contributed by atoms with Crippen molar-refractivity contribution in [2.45, 2.75) is 49.2 Å². The van der Waals surface area contributed by atoms with Gasteiger partial charge in [0.2, 0.25) is 5.91 Å². The third kappa shape index (κ3) is 8.60. The number of nitrogens with one attached hydrogen (secondary N) is 1. The SMILES string of the molecule is O=C(O)CN(CC(=O)Nc1ccc(S(=O)(=O)O)cc1)C1CCCCC1N(CC(=O)O)Cc1ccccn1. The van der Waals surface area contributed by atoms with Gasteiger partial charge in [0.1, 0.15) is 0 Å². The minimum atomic E-state index is -4.38. The fourth-order valence-corrected chi connectivity index (χ4v) is 5.15. The molecule has 1 aromatic carbocycles. The number of aliphatic carboxylic acids is 2. The summed E-state index contributed by atoms with van der Waals surface area (Å²) in [5.74, 6) is -2.65. The maximum atomic E-state index is 12.8. The Morgan fingerprint density at radius 1 is 0.892 bits per heavy atom. The molecule has 1 aromatic heterocycles. The van der Waals surface area contributed by atoms with Gasteiger partial charge < -0.3 is 15.5 Å². The second kappa shape index (κ2) is 12.7. The predicted octanol–water partition coefficient (Wildman–Crippen LogP) is 1.55. The normalized spacial score (nSPS) is 18.0. The molecule has 200 valence electrons. The summed E-state index contributed by atoms with van der Waals surface area (Å²) in [6.45, 7) is -0.675. The van der Waals surface area contributed by atoms with E-state index in [0.717, 1.165) is 25.0 Å². The summed E-state index contributed by atoms with van der Waals surface area (Å²) in [5, 5.41) is 21.7. The Balaban J connectivity index is 1.79. The summed E-state index contributed by atoms with van der Waals surface area (Å²) < 4.78 is 31.5. The minimum absolute atomic E-state index is 0.259. The van der Waals surface area contributed by atoms with Crippen molar-refractivity contribution in [2.75, 3.05) is 25.0 Å². The van der Waals surface area contributed by atoms with E-state index in [1.807, 2.05) is 6.07 Å². The molecule has 2 atom stereocenters. The van der Waals surface area contributed by atoms with Crippen LogP contribution in [0.4, 0.5) is 5.69 Å². The summed E-state index contributed by atoms with van der Waals surface area (Å²) in [6.07, 6.45) is 4.50. The van der Waals surface area contributed by atoms with Crippen molar-refractivity contribution in [1.29, 1.82) is 0 Å². The lowest BCUT2D eigenvalue weighted by molar-refractivity contribution is -0.143. The highest BCUT2D eigenvalue weighted by atomic mass is 32.2. The maximum Gasteiger partial charge on any atom is 0.317 e. The van der Waals surface area contributed by atoms with E-state index in [0.29, 0.717) is 18.5 Å². The zero-order valence-corrected chi connectivity index (χ0v) is 20.9. The van der Waals surface area contributed by atoms with Gasteiger partial charge in [-0.3, -0.25) is 33.7 Å². The molecule has 13 heteroatoms. The van der Waals surface area contributed by atoms with Gasteiger partial charge in [-0.05, 0) is 49.2 Å². The van der Waals surface area contributed by atoms with Gasteiger partial charge in [-0.15, -0.1) is 0 Å². The van der Waals surface area contributed by atoms with Crippen molar-refractivity contribution in [2.24, 2.45) is 0 Å². The molecule has 0 radical (unpaired) electrons. The average Bonchev–Trinajstić information content (AvgIpc) is 2.83. The highest BCUT2D eigenvalue weighted by Crippen LogP contribution is 2.28. The van der Waals surface area contributed by atoms with E-state index in [9.17, 15) is 33.0 Å². The van der Waals surface area contributed by atoms with Gasteiger partial charge in [-0.25, -0.2) is 0 Å². The van der Waals surface area contributed by atoms with Crippen LogP contribution in [0.1, 0.15) is 31.4 Å². The van der Waals surface area contributed by atoms with Crippen molar-refractivity contribution >= 4 is 33.7 Å². The van der Waals surface area contributed by atoms with Gasteiger partial charge in [-0.2, -0.15) is 8.42 Å². The standard InChI is InChI=1S/C24H30N4O8S/c29-22(26-17-8-10-19(11-9-17)37(34,35)36)14-28(16-24(32)33)21-7-2-1-6-20(21)27(15-23(30)31)13-18-5-3-4-12-25-18/h3-5,8-12,20-21H,1-2,6-7,13-16H2,(H,26,29)(H,30,31)(H,32,33)(H,34,35,36). The molecule has 2 aromatic rings. The molecule has 1 aliphatic rings. The highest BCUT2D eigenvalue weighted by molar-refractivity contribution is 7.85. The average molecular weight is 535 g/mol. The molecule has 1 aliphatic carbocycles. The van der Waals surface area contributed by atoms with Crippen LogP contribution in [0.15, 0.2) is 53.6 Å². The number of amides is 1. The lowest BCUT2D eigenvalue weighted by atomic mass is 9.87. The molecule has 37 heavy (non-hydrogen) atoms. The van der Waals surface area contributed by atoms with E-state index in [4.69, 9.17) is 4.55 Å². The summed E-state index contributed by atoms with van der Waals surface area (Å²) >= 11 is 0. The summed E-state index contributed by atoms with van der Waals surface area (Å²) in [4.78, 5) is 43.5. The Kier molecular flexibility index (Phi) is 9.69. The van der Waals surface area contributed by atoms with Crippen LogP contribution in [-0.2, 0) is 31.0 Å². The van der Waals surface area contributed by atoms with Crippen molar-refractivity contribution < 1.29 is 37.6 Å². The Bertz CT molecular complexity index is 1190. The fourth-order valence-electron chi connectivity index (χ4n) is 4.67.